The van der Waals surface area contributed by atoms with E-state index in [1.807, 2.05) is 6.92 Å². The van der Waals surface area contributed by atoms with Gasteiger partial charge in [0.25, 0.3) is 0 Å². The van der Waals surface area contributed by atoms with Gasteiger partial charge in [0.05, 0.1) is 6.20 Å². The second-order valence-corrected chi connectivity index (χ2v) is 4.53. The summed E-state index contributed by atoms with van der Waals surface area (Å²) in [6.07, 6.45) is 5.04. The molecule has 2 aromatic rings. The zero-order valence-corrected chi connectivity index (χ0v) is 11.8. The first-order chi connectivity index (χ1) is 9.72. The number of aryl methyl sites for hydroxylation is 3. The molecule has 108 valence electrons. The summed E-state index contributed by atoms with van der Waals surface area (Å²) in [4.78, 5) is 16.1. The summed E-state index contributed by atoms with van der Waals surface area (Å²) in [5.74, 6) is 1.77. The third-order valence-corrected chi connectivity index (χ3v) is 2.91. The molecule has 7 nitrogen and oxygen atoms in total. The van der Waals surface area contributed by atoms with Crippen LogP contribution < -0.4 is 5.32 Å². The number of hydrogen-bond donors (Lipinski definition) is 2. The maximum Gasteiger partial charge on any atom is 0.227 e. The maximum atomic E-state index is 11.8. The monoisotopic (exact) mass is 277 g/mol. The van der Waals surface area contributed by atoms with E-state index in [1.165, 1.54) is 0 Å². The van der Waals surface area contributed by atoms with E-state index in [0.717, 1.165) is 24.8 Å². The summed E-state index contributed by atoms with van der Waals surface area (Å²) in [6.45, 7) is 4.06. The fraction of sp³-hybridized carbons (Fsp3) is 0.538. The van der Waals surface area contributed by atoms with E-state index in [9.17, 15) is 4.79 Å². The van der Waals surface area contributed by atoms with Crippen LogP contribution in [0.2, 0.25) is 0 Å². The summed E-state index contributed by atoms with van der Waals surface area (Å²) in [7, 11) is 0. The molecular weight excluding hydrogens is 258 g/mol. The molecule has 0 aromatic carbocycles. The highest BCUT2D eigenvalue weighted by molar-refractivity contribution is 5.90. The van der Waals surface area contributed by atoms with Gasteiger partial charge in [0.1, 0.15) is 5.82 Å². The van der Waals surface area contributed by atoms with Crippen molar-refractivity contribution in [3.63, 3.8) is 0 Å². The highest BCUT2D eigenvalue weighted by atomic mass is 16.5. The van der Waals surface area contributed by atoms with Gasteiger partial charge in [0, 0.05) is 24.8 Å². The smallest absolute Gasteiger partial charge is 0.227 e. The van der Waals surface area contributed by atoms with E-state index < -0.39 is 0 Å². The van der Waals surface area contributed by atoms with Gasteiger partial charge in [-0.3, -0.25) is 9.89 Å². The Morgan fingerprint density at radius 1 is 1.40 bits per heavy atom. The van der Waals surface area contributed by atoms with Crippen LogP contribution in [0.25, 0.3) is 0 Å². The van der Waals surface area contributed by atoms with Crippen LogP contribution in [0.15, 0.2) is 10.7 Å². The first-order valence-corrected chi connectivity index (χ1v) is 6.86. The Balaban J connectivity index is 1.82. The number of carbonyl (C=O) groups is 1. The summed E-state index contributed by atoms with van der Waals surface area (Å²) < 4.78 is 5.09. The quantitative estimate of drug-likeness (QED) is 0.805. The van der Waals surface area contributed by atoms with Gasteiger partial charge in [0.2, 0.25) is 11.8 Å². The van der Waals surface area contributed by atoms with Gasteiger partial charge in [-0.2, -0.15) is 10.1 Å². The highest BCUT2D eigenvalue weighted by Crippen LogP contribution is 2.12. The van der Waals surface area contributed by atoms with E-state index in [-0.39, 0.29) is 5.91 Å². The molecule has 0 aliphatic heterocycles. The predicted molar refractivity (Wildman–Crippen MR) is 73.2 cm³/mol. The number of anilines is 1. The van der Waals surface area contributed by atoms with Crippen LogP contribution in [0.5, 0.6) is 0 Å². The Hall–Kier alpha value is -2.18. The van der Waals surface area contributed by atoms with E-state index in [1.54, 1.807) is 6.20 Å². The zero-order valence-electron chi connectivity index (χ0n) is 11.8. The third-order valence-electron chi connectivity index (χ3n) is 2.91. The second-order valence-electron chi connectivity index (χ2n) is 4.53. The van der Waals surface area contributed by atoms with Gasteiger partial charge in [-0.05, 0) is 12.8 Å². The molecule has 2 N–H and O–H groups in total. The fourth-order valence-electron chi connectivity index (χ4n) is 1.83. The lowest BCUT2D eigenvalue weighted by molar-refractivity contribution is -0.116. The van der Waals surface area contributed by atoms with E-state index >= 15 is 0 Å². The first kappa shape index (κ1) is 14.2. The number of amides is 1. The molecule has 0 unspecified atom stereocenters. The van der Waals surface area contributed by atoms with Crippen molar-refractivity contribution in [1.29, 1.82) is 0 Å². The predicted octanol–water partition coefficient (Wildman–Crippen LogP) is 1.88. The van der Waals surface area contributed by atoms with Crippen LogP contribution in [-0.4, -0.2) is 26.2 Å². The Morgan fingerprint density at radius 3 is 3.00 bits per heavy atom. The molecule has 2 heterocycles. The second kappa shape index (κ2) is 6.83. The molecule has 7 heteroatoms. The SMILES string of the molecule is CCCc1noc(CCC(=O)Nc2[nH]ncc2CC)n1. The first-order valence-electron chi connectivity index (χ1n) is 6.86. The molecule has 1 amide bonds. The van der Waals surface area contributed by atoms with Crippen molar-refractivity contribution in [2.45, 2.75) is 46.0 Å². The van der Waals surface area contributed by atoms with E-state index in [2.05, 4.69) is 32.6 Å². The molecule has 0 spiro atoms. The Bertz CT molecular complexity index is 561. The molecule has 2 aromatic heterocycles. The van der Waals surface area contributed by atoms with Crippen molar-refractivity contribution < 1.29 is 9.32 Å². The summed E-state index contributed by atoms with van der Waals surface area (Å²) in [6, 6.07) is 0. The van der Waals surface area contributed by atoms with Crippen molar-refractivity contribution in [2.24, 2.45) is 0 Å². The van der Waals surface area contributed by atoms with Crippen LogP contribution in [0, 0.1) is 0 Å². The van der Waals surface area contributed by atoms with Gasteiger partial charge in [-0.25, -0.2) is 0 Å². The molecule has 0 aliphatic rings. The molecule has 0 radical (unpaired) electrons. The van der Waals surface area contributed by atoms with Gasteiger partial charge < -0.3 is 9.84 Å². The van der Waals surface area contributed by atoms with Crippen LogP contribution in [-0.2, 0) is 24.1 Å². The minimum atomic E-state index is -0.0980. The summed E-state index contributed by atoms with van der Waals surface area (Å²) in [5, 5.41) is 13.3. The van der Waals surface area contributed by atoms with Crippen molar-refractivity contribution in [1.82, 2.24) is 20.3 Å². The average molecular weight is 277 g/mol. The van der Waals surface area contributed by atoms with Crippen LogP contribution in [0.3, 0.4) is 0 Å². The number of nitrogens with zero attached hydrogens (tertiary/aromatic N) is 3. The molecule has 0 aliphatic carbocycles. The van der Waals surface area contributed by atoms with Crippen molar-refractivity contribution >= 4 is 11.7 Å². The molecular formula is C13H19N5O2. The van der Waals surface area contributed by atoms with Gasteiger partial charge in [-0.1, -0.05) is 19.0 Å². The number of H-pyrrole nitrogens is 1. The average Bonchev–Trinajstić information content (AvgIpc) is 3.06. The highest BCUT2D eigenvalue weighted by Gasteiger charge is 2.11. The molecule has 0 fully saturated rings. The minimum Gasteiger partial charge on any atom is -0.339 e. The Kier molecular flexibility index (Phi) is 4.86. The van der Waals surface area contributed by atoms with Gasteiger partial charge in [0.15, 0.2) is 5.82 Å². The molecule has 2 rings (SSSR count). The van der Waals surface area contributed by atoms with Gasteiger partial charge in [-0.15, -0.1) is 0 Å². The number of aromatic nitrogens is 4. The van der Waals surface area contributed by atoms with Crippen LogP contribution in [0.4, 0.5) is 5.82 Å². The van der Waals surface area contributed by atoms with Crippen LogP contribution in [0.1, 0.15) is 44.0 Å². The maximum absolute atomic E-state index is 11.8. The van der Waals surface area contributed by atoms with E-state index in [0.29, 0.717) is 30.4 Å². The fourth-order valence-corrected chi connectivity index (χ4v) is 1.83. The molecule has 0 bridgehead atoms. The minimum absolute atomic E-state index is 0.0980. The summed E-state index contributed by atoms with van der Waals surface area (Å²) >= 11 is 0. The number of aromatic amines is 1. The normalized spacial score (nSPS) is 10.7. The number of nitrogens with one attached hydrogen (secondary N) is 2. The Labute approximate surface area is 117 Å². The van der Waals surface area contributed by atoms with Crippen molar-refractivity contribution in [3.8, 4) is 0 Å². The Morgan fingerprint density at radius 2 is 2.25 bits per heavy atom. The van der Waals surface area contributed by atoms with Crippen molar-refractivity contribution in [3.05, 3.63) is 23.5 Å². The number of hydrogen-bond acceptors (Lipinski definition) is 5. The van der Waals surface area contributed by atoms with Crippen molar-refractivity contribution in [2.75, 3.05) is 5.32 Å². The third kappa shape index (κ3) is 3.66. The summed E-state index contributed by atoms with van der Waals surface area (Å²) in [5.41, 5.74) is 0.987. The van der Waals surface area contributed by atoms with E-state index in [4.69, 9.17) is 4.52 Å². The molecule has 0 saturated heterocycles. The largest absolute Gasteiger partial charge is 0.339 e. The molecule has 20 heavy (non-hydrogen) atoms. The van der Waals surface area contributed by atoms with Gasteiger partial charge >= 0.3 is 0 Å². The van der Waals surface area contributed by atoms with Crippen LogP contribution >= 0.6 is 0 Å². The lowest BCUT2D eigenvalue weighted by atomic mass is 10.2. The molecule has 0 saturated carbocycles. The standard InChI is InChI=1S/C13H19N5O2/c1-3-5-10-15-12(20-18-10)7-6-11(19)16-13-9(4-2)8-14-17-13/h8H,3-7H2,1-2H3,(H2,14,16,17,19). The number of rotatable bonds is 7. The lowest BCUT2D eigenvalue weighted by Crippen LogP contribution is -2.13. The molecule has 0 atom stereocenters. The lowest BCUT2D eigenvalue weighted by Gasteiger charge is -2.03. The topological polar surface area (TPSA) is 96.7 Å². The zero-order chi connectivity index (χ0) is 14.4. The number of carbonyl (C=O) groups excluding carboxylic acids is 1.